The number of hydrogen-bond donors (Lipinski definition) is 3. The number of imidazole rings is 1. The number of nitrogens with one attached hydrogen (secondary N) is 2. The van der Waals surface area contributed by atoms with Crippen molar-refractivity contribution in [3.05, 3.63) is 54.3 Å². The number of amides is 1. The van der Waals surface area contributed by atoms with Crippen LogP contribution in [0.1, 0.15) is 32.0 Å². The molecule has 10 heteroatoms. The number of carbonyl (C=O) groups is 1. The second-order valence-electron chi connectivity index (χ2n) is 7.60. The van der Waals surface area contributed by atoms with Crippen LogP contribution in [-0.4, -0.2) is 37.8 Å². The van der Waals surface area contributed by atoms with E-state index in [9.17, 15) is 9.90 Å². The number of methoxy groups -OCH3 is 1. The molecule has 1 aromatic carbocycles. The van der Waals surface area contributed by atoms with Crippen LogP contribution in [0.2, 0.25) is 0 Å². The molecule has 2 aromatic heterocycles. The molecule has 0 atom stereocenters. The zero-order valence-corrected chi connectivity index (χ0v) is 19.2. The van der Waals surface area contributed by atoms with E-state index < -0.39 is 5.91 Å². The van der Waals surface area contributed by atoms with Gasteiger partial charge in [-0.05, 0) is 36.0 Å². The highest BCUT2D eigenvalue weighted by Gasteiger charge is 2.24. The molecule has 0 aliphatic heterocycles. The van der Waals surface area contributed by atoms with E-state index in [-0.39, 0.29) is 16.3 Å². The summed E-state index contributed by atoms with van der Waals surface area (Å²) in [6.07, 6.45) is 8.23. The number of thiocarbonyl (C=S) groups is 1. The van der Waals surface area contributed by atoms with Gasteiger partial charge < -0.3 is 15.2 Å². The molecule has 3 N–H and O–H groups in total. The summed E-state index contributed by atoms with van der Waals surface area (Å²) in [6.45, 7) is 6.24. The number of thiazole rings is 1. The minimum absolute atomic E-state index is 0.0302. The van der Waals surface area contributed by atoms with Crippen molar-refractivity contribution in [2.75, 3.05) is 12.4 Å². The highest BCUT2D eigenvalue weighted by atomic mass is 32.1. The van der Waals surface area contributed by atoms with E-state index in [1.54, 1.807) is 30.7 Å². The van der Waals surface area contributed by atoms with Crippen LogP contribution in [0, 0.1) is 0 Å². The summed E-state index contributed by atoms with van der Waals surface area (Å²) in [5, 5.41) is 16.9. The molecule has 2 heterocycles. The van der Waals surface area contributed by atoms with Crippen LogP contribution in [-0.2, 0) is 10.2 Å². The van der Waals surface area contributed by atoms with E-state index in [1.807, 2.05) is 10.8 Å². The van der Waals surface area contributed by atoms with Gasteiger partial charge in [-0.25, -0.2) is 9.97 Å². The standard InChI is InChI=1S/C21H23N5O3S2/c1-21(2,3)17-18(26-10-9-22-12-26)31-20(24-17)25-19(30)23-16(28)8-6-13-5-7-14(27)15(11-13)29-4/h5-12,27H,1-4H3,(H2,23,24,25,28,30)/b8-6+. The summed E-state index contributed by atoms with van der Waals surface area (Å²) in [6, 6.07) is 4.78. The lowest BCUT2D eigenvalue weighted by atomic mass is 9.92. The Morgan fingerprint density at radius 1 is 1.35 bits per heavy atom. The molecule has 8 nitrogen and oxygen atoms in total. The van der Waals surface area contributed by atoms with E-state index >= 15 is 0 Å². The monoisotopic (exact) mass is 457 g/mol. The summed E-state index contributed by atoms with van der Waals surface area (Å²) >= 11 is 6.68. The van der Waals surface area contributed by atoms with Crippen LogP contribution in [0.15, 0.2) is 43.0 Å². The topological polar surface area (TPSA) is 101 Å². The van der Waals surface area contributed by atoms with Gasteiger partial charge in [0.15, 0.2) is 21.7 Å². The first-order chi connectivity index (χ1) is 14.7. The van der Waals surface area contributed by atoms with Crippen molar-refractivity contribution < 1.29 is 14.6 Å². The Hall–Kier alpha value is -3.24. The van der Waals surface area contributed by atoms with E-state index in [1.165, 1.54) is 30.6 Å². The van der Waals surface area contributed by atoms with E-state index in [0.717, 1.165) is 10.7 Å². The third-order valence-electron chi connectivity index (χ3n) is 4.15. The summed E-state index contributed by atoms with van der Waals surface area (Å²) < 4.78 is 6.96. The third-order valence-corrected chi connectivity index (χ3v) is 5.34. The average Bonchev–Trinajstić information content (AvgIpc) is 3.36. The molecule has 0 fully saturated rings. The number of ether oxygens (including phenoxy) is 1. The van der Waals surface area contributed by atoms with Crippen molar-refractivity contribution in [1.29, 1.82) is 0 Å². The summed E-state index contributed by atoms with van der Waals surface area (Å²) in [4.78, 5) is 21.0. The van der Waals surface area contributed by atoms with Gasteiger partial charge in [-0.2, -0.15) is 0 Å². The Kier molecular flexibility index (Phi) is 6.71. The first-order valence-electron chi connectivity index (χ1n) is 9.34. The lowest BCUT2D eigenvalue weighted by Crippen LogP contribution is -2.32. The summed E-state index contributed by atoms with van der Waals surface area (Å²) in [7, 11) is 1.46. The molecule has 0 unspecified atom stereocenters. The Balaban J connectivity index is 1.67. The van der Waals surface area contributed by atoms with Crippen LogP contribution in [0.4, 0.5) is 5.13 Å². The Labute approximate surface area is 189 Å². The molecule has 0 saturated heterocycles. The third kappa shape index (κ3) is 5.68. The van der Waals surface area contributed by atoms with Crippen molar-refractivity contribution in [3.63, 3.8) is 0 Å². The van der Waals surface area contributed by atoms with Gasteiger partial charge in [-0.1, -0.05) is 38.2 Å². The number of rotatable bonds is 5. The minimum atomic E-state index is -0.396. The Bertz CT molecular complexity index is 1110. The fourth-order valence-electron chi connectivity index (χ4n) is 2.66. The highest BCUT2D eigenvalue weighted by Crippen LogP contribution is 2.34. The predicted octanol–water partition coefficient (Wildman–Crippen LogP) is 3.87. The molecule has 0 radical (unpaired) electrons. The van der Waals surface area contributed by atoms with Gasteiger partial charge in [0.25, 0.3) is 0 Å². The van der Waals surface area contributed by atoms with E-state index in [0.29, 0.717) is 16.4 Å². The van der Waals surface area contributed by atoms with Gasteiger partial charge in [-0.15, -0.1) is 0 Å². The number of phenolic OH excluding ortho intramolecular Hbond substituents is 1. The number of nitrogens with zero attached hydrogens (tertiary/aromatic N) is 3. The number of benzene rings is 1. The molecule has 1 amide bonds. The fourth-order valence-corrected chi connectivity index (χ4v) is 4.06. The molecular weight excluding hydrogens is 434 g/mol. The zero-order valence-electron chi connectivity index (χ0n) is 17.5. The predicted molar refractivity (Wildman–Crippen MR) is 126 cm³/mol. The molecule has 0 bridgehead atoms. The van der Waals surface area contributed by atoms with Gasteiger partial charge in [0.05, 0.1) is 19.1 Å². The maximum absolute atomic E-state index is 12.2. The van der Waals surface area contributed by atoms with Crippen molar-refractivity contribution in [3.8, 4) is 16.5 Å². The van der Waals surface area contributed by atoms with E-state index in [2.05, 4.69) is 41.4 Å². The summed E-state index contributed by atoms with van der Waals surface area (Å²) in [5.74, 6) is -0.0403. The lowest BCUT2D eigenvalue weighted by molar-refractivity contribution is -0.115. The molecule has 0 saturated carbocycles. The summed E-state index contributed by atoms with van der Waals surface area (Å²) in [5.41, 5.74) is 1.41. The molecule has 3 aromatic rings. The minimum Gasteiger partial charge on any atom is -0.504 e. The van der Waals surface area contributed by atoms with Gasteiger partial charge in [0.2, 0.25) is 5.91 Å². The van der Waals surface area contributed by atoms with Crippen LogP contribution in [0.3, 0.4) is 0 Å². The Morgan fingerprint density at radius 2 is 2.13 bits per heavy atom. The number of aromatic hydroxyl groups is 1. The van der Waals surface area contributed by atoms with Crippen LogP contribution in [0.25, 0.3) is 11.1 Å². The van der Waals surface area contributed by atoms with Gasteiger partial charge in [0.1, 0.15) is 5.00 Å². The van der Waals surface area contributed by atoms with Crippen molar-refractivity contribution >= 4 is 45.8 Å². The van der Waals surface area contributed by atoms with Gasteiger partial charge >= 0.3 is 0 Å². The maximum Gasteiger partial charge on any atom is 0.250 e. The smallest absolute Gasteiger partial charge is 0.250 e. The number of anilines is 1. The van der Waals surface area contributed by atoms with Crippen molar-refractivity contribution in [1.82, 2.24) is 19.9 Å². The fraction of sp³-hybridized carbons (Fsp3) is 0.238. The quantitative estimate of drug-likeness (QED) is 0.395. The normalized spacial score (nSPS) is 11.5. The molecule has 162 valence electrons. The molecule has 31 heavy (non-hydrogen) atoms. The van der Waals surface area contributed by atoms with E-state index in [4.69, 9.17) is 17.0 Å². The maximum atomic E-state index is 12.2. The second kappa shape index (κ2) is 9.27. The average molecular weight is 458 g/mol. The van der Waals surface area contributed by atoms with Crippen LogP contribution >= 0.6 is 23.6 Å². The Morgan fingerprint density at radius 3 is 2.77 bits per heavy atom. The first kappa shape index (κ1) is 22.4. The van der Waals surface area contributed by atoms with Crippen LogP contribution in [0.5, 0.6) is 11.5 Å². The SMILES string of the molecule is COc1cc(/C=C/C(=O)NC(=S)Nc2nc(C(C)(C)C)c(-n3ccnc3)s2)ccc1O. The van der Waals surface area contributed by atoms with Gasteiger partial charge in [0, 0.05) is 23.9 Å². The number of hydrogen-bond acceptors (Lipinski definition) is 7. The molecule has 3 rings (SSSR count). The van der Waals surface area contributed by atoms with Crippen molar-refractivity contribution in [2.24, 2.45) is 0 Å². The molecule has 0 aliphatic carbocycles. The largest absolute Gasteiger partial charge is 0.504 e. The number of aromatic nitrogens is 3. The van der Waals surface area contributed by atoms with Crippen molar-refractivity contribution in [2.45, 2.75) is 26.2 Å². The van der Waals surface area contributed by atoms with Gasteiger partial charge in [-0.3, -0.25) is 14.7 Å². The second-order valence-corrected chi connectivity index (χ2v) is 8.99. The van der Waals surface area contributed by atoms with Crippen LogP contribution < -0.4 is 15.4 Å². The number of phenols is 1. The molecule has 0 aliphatic rings. The molecular formula is C21H23N5O3S2. The first-order valence-corrected chi connectivity index (χ1v) is 10.6. The zero-order chi connectivity index (χ0) is 22.6. The molecule has 0 spiro atoms. The lowest BCUT2D eigenvalue weighted by Gasteiger charge is -2.17. The highest BCUT2D eigenvalue weighted by molar-refractivity contribution is 7.80. The number of carbonyl (C=O) groups excluding carboxylic acids is 1.